The van der Waals surface area contributed by atoms with Crippen molar-refractivity contribution in [3.63, 3.8) is 0 Å². The van der Waals surface area contributed by atoms with Crippen LogP contribution in [0.3, 0.4) is 0 Å². The molecule has 0 unspecified atom stereocenters. The highest BCUT2D eigenvalue weighted by Crippen LogP contribution is 2.32. The maximum absolute atomic E-state index is 13.4. The lowest BCUT2D eigenvalue weighted by Gasteiger charge is -2.12. The van der Waals surface area contributed by atoms with E-state index in [2.05, 4.69) is 21.2 Å². The summed E-state index contributed by atoms with van der Waals surface area (Å²) in [6.07, 6.45) is 0. The Bertz CT molecular complexity index is 576. The number of halogens is 5. The fourth-order valence-electron chi connectivity index (χ4n) is 1.59. The van der Waals surface area contributed by atoms with Crippen molar-refractivity contribution in [1.82, 2.24) is 0 Å². The van der Waals surface area contributed by atoms with Crippen molar-refractivity contribution in [3.05, 3.63) is 62.8 Å². The van der Waals surface area contributed by atoms with E-state index in [4.69, 9.17) is 11.6 Å². The number of nitrogens with one attached hydrogen (secondary N) is 1. The second-order valence-electron chi connectivity index (χ2n) is 3.80. The van der Waals surface area contributed by atoms with Gasteiger partial charge in [-0.3, -0.25) is 0 Å². The van der Waals surface area contributed by atoms with Crippen LogP contribution in [-0.2, 0) is 6.54 Å². The molecule has 19 heavy (non-hydrogen) atoms. The second-order valence-corrected chi connectivity index (χ2v) is 5.06. The van der Waals surface area contributed by atoms with E-state index < -0.39 is 17.5 Å². The van der Waals surface area contributed by atoms with Crippen LogP contribution in [0.4, 0.5) is 18.9 Å². The van der Waals surface area contributed by atoms with Gasteiger partial charge in [0.1, 0.15) is 17.5 Å². The first kappa shape index (κ1) is 14.2. The maximum atomic E-state index is 13.4. The smallest absolute Gasteiger partial charge is 0.131 e. The van der Waals surface area contributed by atoms with Crippen LogP contribution in [0.2, 0.25) is 5.02 Å². The summed E-state index contributed by atoms with van der Waals surface area (Å²) >= 11 is 8.99. The number of rotatable bonds is 3. The predicted molar refractivity (Wildman–Crippen MR) is 72.8 cm³/mol. The molecule has 0 saturated heterocycles. The largest absolute Gasteiger partial charge is 0.379 e. The Balaban J connectivity index is 2.24. The zero-order valence-electron chi connectivity index (χ0n) is 9.48. The molecule has 2 aromatic rings. The number of hydrogen-bond acceptors (Lipinski definition) is 1. The highest BCUT2D eigenvalue weighted by atomic mass is 79.9. The molecule has 0 radical (unpaired) electrons. The molecule has 0 bridgehead atoms. The lowest BCUT2D eigenvalue weighted by molar-refractivity contribution is 0.560. The zero-order chi connectivity index (χ0) is 14.0. The predicted octanol–water partition coefficient (Wildman–Crippen LogP) is 5.13. The summed E-state index contributed by atoms with van der Waals surface area (Å²) in [7, 11) is 0. The van der Waals surface area contributed by atoms with Crippen LogP contribution in [-0.4, -0.2) is 0 Å². The fourth-order valence-corrected chi connectivity index (χ4v) is 2.55. The molecule has 6 heteroatoms. The van der Waals surface area contributed by atoms with Crippen LogP contribution < -0.4 is 5.32 Å². The van der Waals surface area contributed by atoms with Crippen LogP contribution >= 0.6 is 27.5 Å². The Morgan fingerprint density at radius 2 is 1.74 bits per heavy atom. The van der Waals surface area contributed by atoms with Gasteiger partial charge in [-0.15, -0.1) is 0 Å². The normalized spacial score (nSPS) is 10.6. The average Bonchev–Trinajstić information content (AvgIpc) is 2.31. The highest BCUT2D eigenvalue weighted by molar-refractivity contribution is 9.10. The van der Waals surface area contributed by atoms with Gasteiger partial charge in [0, 0.05) is 16.6 Å². The molecule has 1 N–H and O–H groups in total. The quantitative estimate of drug-likeness (QED) is 0.809. The van der Waals surface area contributed by atoms with Gasteiger partial charge in [0.05, 0.1) is 10.7 Å². The molecule has 0 fully saturated rings. The van der Waals surface area contributed by atoms with E-state index in [1.54, 1.807) is 0 Å². The van der Waals surface area contributed by atoms with Crippen molar-refractivity contribution in [1.29, 1.82) is 0 Å². The topological polar surface area (TPSA) is 12.0 Å². The molecule has 0 aliphatic carbocycles. The van der Waals surface area contributed by atoms with Gasteiger partial charge in [0.25, 0.3) is 0 Å². The Hall–Kier alpha value is -1.20. The molecule has 0 spiro atoms. The Kier molecular flexibility index (Phi) is 4.37. The van der Waals surface area contributed by atoms with Crippen LogP contribution in [0.25, 0.3) is 0 Å². The molecule has 0 aliphatic rings. The fraction of sp³-hybridized carbons (Fsp3) is 0.0769. The Labute approximate surface area is 121 Å². The van der Waals surface area contributed by atoms with E-state index in [1.807, 2.05) is 0 Å². The van der Waals surface area contributed by atoms with Crippen LogP contribution in [0, 0.1) is 17.5 Å². The van der Waals surface area contributed by atoms with Gasteiger partial charge >= 0.3 is 0 Å². The molecule has 100 valence electrons. The minimum atomic E-state index is -0.651. The third-order valence-electron chi connectivity index (χ3n) is 2.51. The average molecular weight is 351 g/mol. The summed E-state index contributed by atoms with van der Waals surface area (Å²) < 4.78 is 40.3. The Morgan fingerprint density at radius 1 is 1.11 bits per heavy atom. The minimum Gasteiger partial charge on any atom is -0.379 e. The highest BCUT2D eigenvalue weighted by Gasteiger charge is 2.11. The van der Waals surface area contributed by atoms with E-state index in [1.165, 1.54) is 24.3 Å². The molecular formula is C13H8BrClF3N. The van der Waals surface area contributed by atoms with Crippen molar-refractivity contribution in [3.8, 4) is 0 Å². The van der Waals surface area contributed by atoms with Crippen molar-refractivity contribution in [2.45, 2.75) is 6.54 Å². The first-order valence-corrected chi connectivity index (χ1v) is 6.47. The molecule has 0 aliphatic heterocycles. The van der Waals surface area contributed by atoms with E-state index in [-0.39, 0.29) is 17.1 Å². The third kappa shape index (κ3) is 3.22. The van der Waals surface area contributed by atoms with Crippen molar-refractivity contribution >= 4 is 33.2 Å². The molecule has 0 aromatic heterocycles. The first-order valence-electron chi connectivity index (χ1n) is 5.30. The molecule has 0 heterocycles. The summed E-state index contributed by atoms with van der Waals surface area (Å²) in [4.78, 5) is 0. The van der Waals surface area contributed by atoms with Gasteiger partial charge in [-0.25, -0.2) is 13.2 Å². The standard InChI is InChI=1S/C13H8BrClF3N/c14-9-4-7(16)5-10(15)13(9)19-6-8-11(17)2-1-3-12(8)18/h1-5,19H,6H2. The van der Waals surface area contributed by atoms with Crippen LogP contribution in [0.15, 0.2) is 34.8 Å². The van der Waals surface area contributed by atoms with E-state index >= 15 is 0 Å². The monoisotopic (exact) mass is 349 g/mol. The third-order valence-corrected chi connectivity index (χ3v) is 3.43. The van der Waals surface area contributed by atoms with E-state index in [0.29, 0.717) is 10.2 Å². The van der Waals surface area contributed by atoms with Crippen molar-refractivity contribution < 1.29 is 13.2 Å². The van der Waals surface area contributed by atoms with E-state index in [9.17, 15) is 13.2 Å². The molecule has 1 nitrogen and oxygen atoms in total. The molecule has 0 atom stereocenters. The zero-order valence-corrected chi connectivity index (χ0v) is 11.8. The summed E-state index contributed by atoms with van der Waals surface area (Å²) in [5.74, 6) is -1.80. The molecule has 2 rings (SSSR count). The molecule has 0 saturated carbocycles. The minimum absolute atomic E-state index is 0.0948. The number of anilines is 1. The lowest BCUT2D eigenvalue weighted by atomic mass is 10.2. The van der Waals surface area contributed by atoms with Crippen LogP contribution in [0.1, 0.15) is 5.56 Å². The first-order chi connectivity index (χ1) is 8.99. The van der Waals surface area contributed by atoms with Crippen molar-refractivity contribution in [2.75, 3.05) is 5.32 Å². The Morgan fingerprint density at radius 3 is 2.32 bits per heavy atom. The van der Waals surface area contributed by atoms with Crippen molar-refractivity contribution in [2.24, 2.45) is 0 Å². The second kappa shape index (κ2) is 5.84. The van der Waals surface area contributed by atoms with Gasteiger partial charge < -0.3 is 5.32 Å². The van der Waals surface area contributed by atoms with Gasteiger partial charge in [-0.1, -0.05) is 17.7 Å². The van der Waals surface area contributed by atoms with Crippen LogP contribution in [0.5, 0.6) is 0 Å². The summed E-state index contributed by atoms with van der Waals surface area (Å²) in [6.45, 7) is -0.0948. The molecule has 0 amide bonds. The summed E-state index contributed by atoms with van der Waals surface area (Å²) in [6, 6.07) is 5.95. The SMILES string of the molecule is Fc1cc(Cl)c(NCc2c(F)cccc2F)c(Br)c1. The maximum Gasteiger partial charge on any atom is 0.131 e. The number of hydrogen-bond donors (Lipinski definition) is 1. The molecular weight excluding hydrogens is 343 g/mol. The van der Waals surface area contributed by atoms with Gasteiger partial charge in [-0.2, -0.15) is 0 Å². The van der Waals surface area contributed by atoms with Gasteiger partial charge in [0.2, 0.25) is 0 Å². The number of benzene rings is 2. The lowest BCUT2D eigenvalue weighted by Crippen LogP contribution is -2.05. The van der Waals surface area contributed by atoms with Gasteiger partial charge in [0.15, 0.2) is 0 Å². The summed E-state index contributed by atoms with van der Waals surface area (Å²) in [5.41, 5.74) is 0.278. The van der Waals surface area contributed by atoms with E-state index in [0.717, 1.165) is 6.07 Å². The summed E-state index contributed by atoms with van der Waals surface area (Å²) in [5, 5.41) is 2.91. The van der Waals surface area contributed by atoms with Gasteiger partial charge in [-0.05, 0) is 40.2 Å². The molecule has 2 aromatic carbocycles.